The Bertz CT molecular complexity index is 521. The quantitative estimate of drug-likeness (QED) is 0.268. The second-order valence-electron chi connectivity index (χ2n) is 4.79. The fraction of sp³-hybridized carbons (Fsp3) is 0.429. The molecule has 0 amide bonds. The third-order valence-corrected chi connectivity index (χ3v) is 3.83. The third kappa shape index (κ3) is 8.44. The van der Waals surface area contributed by atoms with Crippen molar-refractivity contribution in [1.82, 2.24) is 0 Å². The summed E-state index contributed by atoms with van der Waals surface area (Å²) in [4.78, 5) is 24.1. The Morgan fingerprint density at radius 3 is 1.58 bits per heavy atom. The number of carbonyl (C=O) groups is 2. The van der Waals surface area contributed by atoms with Gasteiger partial charge in [-0.05, 0) is 12.1 Å². The lowest BCUT2D eigenvalue weighted by Crippen LogP contribution is -2.17. The van der Waals surface area contributed by atoms with Crippen LogP contribution in [-0.4, -0.2) is 71.0 Å². The predicted molar refractivity (Wildman–Crippen MR) is 92.0 cm³/mol. The van der Waals surface area contributed by atoms with Gasteiger partial charge in [-0.2, -0.15) is 0 Å². The molecule has 146 valence electrons. The summed E-state index contributed by atoms with van der Waals surface area (Å²) in [6.45, 7) is -1.37. The smallest absolute Gasteiger partial charge is 0.343 e. The van der Waals surface area contributed by atoms with E-state index in [0.717, 1.165) is 0 Å². The first kappa shape index (κ1) is 22.8. The fourth-order valence-electron chi connectivity index (χ4n) is 1.45. The number of hydrogen-bond acceptors (Lipinski definition) is 10. The number of aliphatic hydroxyl groups is 4. The molecule has 0 radical (unpaired) electrons. The highest BCUT2D eigenvalue weighted by Gasteiger charge is 2.19. The van der Waals surface area contributed by atoms with Gasteiger partial charge in [-0.15, -0.1) is 0 Å². The van der Waals surface area contributed by atoms with Gasteiger partial charge in [0.15, 0.2) is 0 Å². The van der Waals surface area contributed by atoms with Gasteiger partial charge in [0.1, 0.15) is 12.2 Å². The van der Waals surface area contributed by atoms with Crippen molar-refractivity contribution in [3.63, 3.8) is 0 Å². The SMILES string of the molecule is O=C(OPOCC(O)CO)c1ccccc1C(=O)OPOCC(O)CO. The summed E-state index contributed by atoms with van der Waals surface area (Å²) in [6, 6.07) is 5.80. The minimum atomic E-state index is -1.08. The van der Waals surface area contributed by atoms with E-state index in [9.17, 15) is 9.59 Å². The van der Waals surface area contributed by atoms with Crippen molar-refractivity contribution >= 4 is 30.0 Å². The number of aliphatic hydroxyl groups excluding tert-OH is 4. The molecule has 12 heteroatoms. The van der Waals surface area contributed by atoms with Crippen molar-refractivity contribution in [1.29, 1.82) is 0 Å². The van der Waals surface area contributed by atoms with E-state index >= 15 is 0 Å². The molecule has 0 aliphatic carbocycles. The van der Waals surface area contributed by atoms with Crippen molar-refractivity contribution in [2.75, 3.05) is 26.4 Å². The summed E-state index contributed by atoms with van der Waals surface area (Å²) < 4.78 is 19.5. The largest absolute Gasteiger partial charge is 0.416 e. The van der Waals surface area contributed by atoms with E-state index in [-0.39, 0.29) is 24.3 Å². The van der Waals surface area contributed by atoms with Crippen LogP contribution in [0, 0.1) is 0 Å². The van der Waals surface area contributed by atoms with Crippen LogP contribution in [-0.2, 0) is 18.1 Å². The highest BCUT2D eigenvalue weighted by molar-refractivity contribution is 7.27. The molecule has 0 bridgehead atoms. The Balaban J connectivity index is 2.52. The first-order valence-corrected chi connectivity index (χ1v) is 8.95. The zero-order valence-corrected chi connectivity index (χ0v) is 15.5. The summed E-state index contributed by atoms with van der Waals surface area (Å²) >= 11 is 0. The van der Waals surface area contributed by atoms with E-state index in [1.807, 2.05) is 0 Å². The number of benzene rings is 1. The molecule has 1 rings (SSSR count). The molecular formula is C14H20O10P2. The minimum Gasteiger partial charge on any atom is -0.416 e. The van der Waals surface area contributed by atoms with E-state index in [1.54, 1.807) is 0 Å². The van der Waals surface area contributed by atoms with E-state index < -0.39 is 55.4 Å². The molecule has 0 aliphatic heterocycles. The summed E-state index contributed by atoms with van der Waals surface area (Å²) in [5.41, 5.74) is -0.0898. The van der Waals surface area contributed by atoms with E-state index in [2.05, 4.69) is 0 Å². The van der Waals surface area contributed by atoms with Crippen LogP contribution in [0.25, 0.3) is 0 Å². The minimum absolute atomic E-state index is 0.0449. The van der Waals surface area contributed by atoms with Crippen molar-refractivity contribution in [2.24, 2.45) is 0 Å². The van der Waals surface area contributed by atoms with E-state index in [4.69, 9.17) is 38.5 Å². The Kier molecular flexibility index (Phi) is 11.4. The maximum Gasteiger partial charge on any atom is 0.343 e. The van der Waals surface area contributed by atoms with Crippen LogP contribution >= 0.6 is 18.1 Å². The molecule has 26 heavy (non-hydrogen) atoms. The zero-order chi connectivity index (χ0) is 19.4. The molecule has 0 fully saturated rings. The molecular weight excluding hydrogens is 390 g/mol. The van der Waals surface area contributed by atoms with Gasteiger partial charge in [-0.3, -0.25) is 0 Å². The van der Waals surface area contributed by atoms with Gasteiger partial charge >= 0.3 is 11.9 Å². The molecule has 0 aromatic heterocycles. The maximum absolute atomic E-state index is 12.0. The molecule has 4 N–H and O–H groups in total. The average molecular weight is 410 g/mol. The second-order valence-corrected chi connectivity index (χ2v) is 6.11. The van der Waals surface area contributed by atoms with Crippen LogP contribution < -0.4 is 0 Å². The van der Waals surface area contributed by atoms with Gasteiger partial charge in [0.25, 0.3) is 0 Å². The molecule has 0 saturated heterocycles. The molecule has 1 aromatic carbocycles. The molecule has 0 spiro atoms. The lowest BCUT2D eigenvalue weighted by atomic mass is 10.1. The van der Waals surface area contributed by atoms with Gasteiger partial charge in [0.2, 0.25) is 18.1 Å². The van der Waals surface area contributed by atoms with Crippen LogP contribution in [0.5, 0.6) is 0 Å². The first-order valence-electron chi connectivity index (χ1n) is 7.32. The monoisotopic (exact) mass is 410 g/mol. The Hall–Kier alpha value is -1.22. The van der Waals surface area contributed by atoms with Crippen LogP contribution in [0.3, 0.4) is 0 Å². The van der Waals surface area contributed by atoms with Crippen LogP contribution in [0.4, 0.5) is 0 Å². The van der Waals surface area contributed by atoms with Crippen LogP contribution in [0.1, 0.15) is 20.7 Å². The standard InChI is InChI=1S/C14H20O10P2/c15-5-9(17)7-21-25-23-13(19)11-3-1-2-4-12(11)14(20)24-26-22-8-10(18)6-16/h1-4,9-10,15-18,25-26H,5-8H2. The van der Waals surface area contributed by atoms with Crippen LogP contribution in [0.15, 0.2) is 24.3 Å². The summed E-state index contributed by atoms with van der Waals surface area (Å²) in [5, 5.41) is 35.5. The maximum atomic E-state index is 12.0. The molecule has 0 aliphatic rings. The van der Waals surface area contributed by atoms with Gasteiger partial charge in [-0.1, -0.05) is 12.1 Å². The Morgan fingerprint density at radius 2 is 1.23 bits per heavy atom. The fourth-order valence-corrected chi connectivity index (χ4v) is 2.46. The Labute approximate surface area is 152 Å². The van der Waals surface area contributed by atoms with E-state index in [0.29, 0.717) is 0 Å². The first-order chi connectivity index (χ1) is 12.5. The Morgan fingerprint density at radius 1 is 0.846 bits per heavy atom. The van der Waals surface area contributed by atoms with Gasteiger partial charge in [0.05, 0.1) is 37.6 Å². The lowest BCUT2D eigenvalue weighted by molar-refractivity contribution is 0.0504. The van der Waals surface area contributed by atoms with Gasteiger partial charge < -0.3 is 38.5 Å². The molecule has 0 saturated carbocycles. The van der Waals surface area contributed by atoms with Gasteiger partial charge in [0, 0.05) is 0 Å². The summed E-state index contributed by atoms with van der Waals surface area (Å²) in [5.74, 6) is -1.65. The topological polar surface area (TPSA) is 152 Å². The highest BCUT2D eigenvalue weighted by Crippen LogP contribution is 2.23. The second kappa shape index (κ2) is 13.0. The third-order valence-electron chi connectivity index (χ3n) is 2.73. The summed E-state index contributed by atoms with van der Waals surface area (Å²) in [6.07, 6.45) is -2.15. The van der Waals surface area contributed by atoms with Crippen molar-refractivity contribution < 1.29 is 48.1 Å². The molecule has 4 atom stereocenters. The van der Waals surface area contributed by atoms with Crippen molar-refractivity contribution in [3.05, 3.63) is 35.4 Å². The van der Waals surface area contributed by atoms with Crippen molar-refractivity contribution in [2.45, 2.75) is 12.2 Å². The molecule has 0 heterocycles. The summed E-state index contributed by atoms with van der Waals surface area (Å²) in [7, 11) is -1.45. The lowest BCUT2D eigenvalue weighted by Gasteiger charge is -2.11. The zero-order valence-electron chi connectivity index (χ0n) is 13.5. The molecule has 4 unspecified atom stereocenters. The normalized spacial score (nSPS) is 14.0. The van der Waals surface area contributed by atoms with Gasteiger partial charge in [-0.25, -0.2) is 9.59 Å². The molecule has 1 aromatic rings. The average Bonchev–Trinajstić information content (AvgIpc) is 2.67. The number of carbonyl (C=O) groups excluding carboxylic acids is 2. The highest BCUT2D eigenvalue weighted by atomic mass is 31.1. The number of rotatable bonds is 12. The van der Waals surface area contributed by atoms with Crippen molar-refractivity contribution in [3.8, 4) is 0 Å². The molecule has 10 nitrogen and oxygen atoms in total. The van der Waals surface area contributed by atoms with Crippen LogP contribution in [0.2, 0.25) is 0 Å². The van der Waals surface area contributed by atoms with E-state index in [1.165, 1.54) is 24.3 Å². The predicted octanol–water partition coefficient (Wildman–Crippen LogP) is -0.243. The number of hydrogen-bond donors (Lipinski definition) is 4.